The molecule has 0 bridgehead atoms. The first-order valence-electron chi connectivity index (χ1n) is 13.4. The minimum Gasteiger partial charge on any atom is -0.395 e. The highest BCUT2D eigenvalue weighted by molar-refractivity contribution is 6.12. The van der Waals surface area contributed by atoms with Crippen LogP contribution in [-0.4, -0.2) is 59.8 Å². The molecular formula is C26H46N5O3+. The molecule has 34 heavy (non-hydrogen) atoms. The summed E-state index contributed by atoms with van der Waals surface area (Å²) in [6, 6.07) is -0.102. The van der Waals surface area contributed by atoms with E-state index in [2.05, 4.69) is 27.5 Å². The molecule has 1 aromatic rings. The Labute approximate surface area is 205 Å². The van der Waals surface area contributed by atoms with Crippen molar-refractivity contribution in [3.8, 4) is 0 Å². The molecule has 3 amide bonds. The number of carbonyl (C=O) groups excluding carboxylic acids is 2. The smallest absolute Gasteiger partial charge is 0.395 e. The third-order valence-electron chi connectivity index (χ3n) is 6.87. The Morgan fingerprint density at radius 2 is 1.53 bits per heavy atom. The Morgan fingerprint density at radius 3 is 2.24 bits per heavy atom. The number of urea groups is 1. The molecule has 0 spiro atoms. The molecule has 2 atom stereocenters. The Bertz CT molecular complexity index is 745. The number of fused-ring (bicyclic) bond motifs is 1. The van der Waals surface area contributed by atoms with Gasteiger partial charge in [0, 0.05) is 12.2 Å². The summed E-state index contributed by atoms with van der Waals surface area (Å²) in [6.07, 6.45) is 19.6. The van der Waals surface area contributed by atoms with Crippen molar-refractivity contribution in [2.24, 2.45) is 0 Å². The number of imide groups is 1. The number of aliphatic hydroxyl groups is 1. The van der Waals surface area contributed by atoms with Crippen LogP contribution in [-0.2, 0) is 0 Å². The molecule has 3 N–H and O–H groups in total. The molecule has 0 fully saturated rings. The second kappa shape index (κ2) is 15.9. The lowest BCUT2D eigenvalue weighted by Crippen LogP contribution is -2.62. The molecule has 0 saturated heterocycles. The highest BCUT2D eigenvalue weighted by atomic mass is 16.3. The maximum Gasteiger partial charge on any atom is 0.429 e. The minimum atomic E-state index is -0.468. The summed E-state index contributed by atoms with van der Waals surface area (Å²) in [4.78, 5) is 32.9. The monoisotopic (exact) mass is 476 g/mol. The molecule has 1 aliphatic rings. The third-order valence-corrected chi connectivity index (χ3v) is 6.87. The molecule has 0 saturated carbocycles. The summed E-state index contributed by atoms with van der Waals surface area (Å²) in [6.45, 7) is 4.08. The van der Waals surface area contributed by atoms with Gasteiger partial charge in [0.2, 0.25) is 5.69 Å². The van der Waals surface area contributed by atoms with Crippen molar-refractivity contribution in [3.05, 3.63) is 18.1 Å². The van der Waals surface area contributed by atoms with E-state index in [-0.39, 0.29) is 28.9 Å². The fraction of sp³-hybridized carbons (Fsp3) is 0.769. The van der Waals surface area contributed by atoms with Gasteiger partial charge in [-0.1, -0.05) is 71.1 Å². The summed E-state index contributed by atoms with van der Waals surface area (Å²) in [7, 11) is 1.80. The average molecular weight is 477 g/mol. The molecular weight excluding hydrogens is 430 g/mol. The zero-order valence-electron chi connectivity index (χ0n) is 21.4. The van der Waals surface area contributed by atoms with E-state index in [9.17, 15) is 14.7 Å². The van der Waals surface area contributed by atoms with Gasteiger partial charge in [-0.15, -0.1) is 0 Å². The number of nitrogens with one attached hydrogen (secondary N) is 2. The van der Waals surface area contributed by atoms with E-state index in [1.165, 1.54) is 70.2 Å². The van der Waals surface area contributed by atoms with Gasteiger partial charge in [0.25, 0.3) is 11.7 Å². The fourth-order valence-corrected chi connectivity index (χ4v) is 4.61. The lowest BCUT2D eigenvalue weighted by Gasteiger charge is -2.32. The lowest BCUT2D eigenvalue weighted by atomic mass is 10.0. The molecule has 2 heterocycles. The first-order valence-corrected chi connectivity index (χ1v) is 13.4. The average Bonchev–Trinajstić information content (AvgIpc) is 2.84. The van der Waals surface area contributed by atoms with E-state index in [1.54, 1.807) is 7.05 Å². The van der Waals surface area contributed by atoms with Crippen LogP contribution >= 0.6 is 0 Å². The number of quaternary nitrogens is 1. The molecule has 192 valence electrons. The third kappa shape index (κ3) is 9.04. The fourth-order valence-electron chi connectivity index (χ4n) is 4.61. The van der Waals surface area contributed by atoms with Gasteiger partial charge in [0.05, 0.1) is 26.4 Å². The van der Waals surface area contributed by atoms with E-state index in [4.69, 9.17) is 0 Å². The number of rotatable bonds is 19. The van der Waals surface area contributed by atoms with Crippen molar-refractivity contribution in [3.63, 3.8) is 0 Å². The highest BCUT2D eigenvalue weighted by Gasteiger charge is 2.45. The van der Waals surface area contributed by atoms with Gasteiger partial charge in [-0.05, 0) is 32.2 Å². The summed E-state index contributed by atoms with van der Waals surface area (Å²) in [5.41, 5.74) is 0.243. The quantitative estimate of drug-likeness (QED) is 0.197. The first-order chi connectivity index (χ1) is 16.5. The number of aromatic nitrogens is 2. The van der Waals surface area contributed by atoms with E-state index in [1.807, 2.05) is 0 Å². The van der Waals surface area contributed by atoms with Crippen LogP contribution in [0.25, 0.3) is 0 Å². The van der Waals surface area contributed by atoms with E-state index >= 15 is 0 Å². The van der Waals surface area contributed by atoms with Crippen LogP contribution in [0.2, 0.25) is 0 Å². The van der Waals surface area contributed by atoms with Gasteiger partial charge >= 0.3 is 6.03 Å². The predicted octanol–water partition coefficient (Wildman–Crippen LogP) is 4.71. The Kier molecular flexibility index (Phi) is 13.3. The van der Waals surface area contributed by atoms with Crippen LogP contribution in [0, 0.1) is 0 Å². The molecule has 2 unspecified atom stereocenters. The summed E-state index contributed by atoms with van der Waals surface area (Å²) >= 11 is 0. The van der Waals surface area contributed by atoms with Crippen LogP contribution < -0.4 is 15.1 Å². The SMILES string of the molecule is CCCCCCCCNC(CO)CCCCCCCCC[N+]1(C)C(=O)NC(=O)c2nccnc21. The molecule has 1 aromatic heterocycles. The maximum absolute atomic E-state index is 12.5. The predicted molar refractivity (Wildman–Crippen MR) is 137 cm³/mol. The molecule has 1 aliphatic heterocycles. The number of unbranched alkanes of at least 4 members (excludes halogenated alkanes) is 11. The van der Waals surface area contributed by atoms with Crippen LogP contribution in [0.4, 0.5) is 10.6 Å². The van der Waals surface area contributed by atoms with Gasteiger partial charge in [0.15, 0.2) is 0 Å². The van der Waals surface area contributed by atoms with E-state index < -0.39 is 5.91 Å². The van der Waals surface area contributed by atoms with Gasteiger partial charge in [-0.3, -0.25) is 4.79 Å². The van der Waals surface area contributed by atoms with E-state index in [0.29, 0.717) is 12.4 Å². The van der Waals surface area contributed by atoms with Crippen molar-refractivity contribution >= 4 is 17.8 Å². The zero-order chi connectivity index (χ0) is 24.7. The van der Waals surface area contributed by atoms with Crippen LogP contribution in [0.1, 0.15) is 107 Å². The van der Waals surface area contributed by atoms with Gasteiger partial charge < -0.3 is 10.4 Å². The number of amides is 3. The standard InChI is InChI=1S/C26H45N5O3/c1-3-4-5-6-11-14-17-27-22(21-32)16-13-10-8-7-9-12-15-20-31(2)24-23(28-18-19-29-24)25(33)30-26(31)34/h18-19,22,27,32H,3-17,20-21H2,1-2H3/p+1. The van der Waals surface area contributed by atoms with Crippen molar-refractivity contribution in [1.82, 2.24) is 25.1 Å². The normalized spacial score (nSPS) is 18.6. The minimum absolute atomic E-state index is 0.0246. The number of aliphatic hydroxyl groups excluding tert-OH is 1. The molecule has 8 nitrogen and oxygen atoms in total. The Hall–Kier alpha value is -1.90. The number of hydrogen-bond acceptors (Lipinski definition) is 6. The van der Waals surface area contributed by atoms with Crippen LogP contribution in [0.3, 0.4) is 0 Å². The molecule has 2 rings (SSSR count). The second-order valence-corrected chi connectivity index (χ2v) is 9.77. The largest absolute Gasteiger partial charge is 0.429 e. The van der Waals surface area contributed by atoms with Crippen molar-refractivity contribution in [2.75, 3.05) is 26.7 Å². The lowest BCUT2D eigenvalue weighted by molar-refractivity contribution is 0.0932. The highest BCUT2D eigenvalue weighted by Crippen LogP contribution is 2.26. The van der Waals surface area contributed by atoms with Crippen LogP contribution in [0.15, 0.2) is 12.4 Å². The summed E-state index contributed by atoms with van der Waals surface area (Å²) in [5.74, 6) is -0.0236. The number of carbonyl (C=O) groups is 2. The number of hydrogen-bond donors (Lipinski definition) is 3. The molecule has 0 aromatic carbocycles. The molecule has 8 heteroatoms. The van der Waals surface area contributed by atoms with Gasteiger partial charge in [-0.2, -0.15) is 4.48 Å². The Morgan fingerprint density at radius 1 is 0.912 bits per heavy atom. The van der Waals surface area contributed by atoms with Gasteiger partial charge in [-0.25, -0.2) is 20.1 Å². The second-order valence-electron chi connectivity index (χ2n) is 9.77. The summed E-state index contributed by atoms with van der Waals surface area (Å²) in [5, 5.41) is 15.5. The van der Waals surface area contributed by atoms with Crippen molar-refractivity contribution in [2.45, 2.75) is 103 Å². The first kappa shape index (κ1) is 28.3. The van der Waals surface area contributed by atoms with Crippen molar-refractivity contribution < 1.29 is 14.7 Å². The van der Waals surface area contributed by atoms with E-state index in [0.717, 1.165) is 38.6 Å². The number of nitrogens with zero attached hydrogens (tertiary/aromatic N) is 3. The molecule has 0 radical (unpaired) electrons. The topological polar surface area (TPSA) is 104 Å². The van der Waals surface area contributed by atoms with Gasteiger partial charge in [0.1, 0.15) is 0 Å². The maximum atomic E-state index is 12.5. The van der Waals surface area contributed by atoms with Crippen molar-refractivity contribution in [1.29, 1.82) is 0 Å². The van der Waals surface area contributed by atoms with Crippen LogP contribution in [0.5, 0.6) is 0 Å². The summed E-state index contributed by atoms with van der Waals surface area (Å²) < 4.78 is -0.0246. The molecule has 0 aliphatic carbocycles. The zero-order valence-corrected chi connectivity index (χ0v) is 21.4. The Balaban J connectivity index is 1.52.